The SMILES string of the molecule is Cc1cc2c(c(C34CS(=O)(=O)[N+](c5ccc(O)c(C)c5)(O3)C4O)c1)OC=CC2. The van der Waals surface area contributed by atoms with Crippen LogP contribution in [0.2, 0.25) is 0 Å². The van der Waals surface area contributed by atoms with Gasteiger partial charge in [-0.15, -0.1) is 0 Å². The van der Waals surface area contributed by atoms with Crippen molar-refractivity contribution in [3.05, 3.63) is 64.9 Å². The number of benzene rings is 2. The fourth-order valence-electron chi connectivity index (χ4n) is 4.44. The molecule has 4 aliphatic rings. The van der Waals surface area contributed by atoms with Crippen molar-refractivity contribution in [2.45, 2.75) is 32.1 Å². The number of sulfonamides is 1. The second-order valence-corrected chi connectivity index (χ2v) is 9.64. The van der Waals surface area contributed by atoms with Gasteiger partial charge < -0.3 is 14.9 Å². The molecule has 0 radical (unpaired) electrons. The van der Waals surface area contributed by atoms with Crippen molar-refractivity contribution in [2.24, 2.45) is 0 Å². The summed E-state index contributed by atoms with van der Waals surface area (Å²) in [7, 11) is -3.88. The lowest BCUT2D eigenvalue weighted by atomic mass is 9.86. The first kappa shape index (κ1) is 17.7. The van der Waals surface area contributed by atoms with Crippen LogP contribution in [0.5, 0.6) is 11.5 Å². The highest BCUT2D eigenvalue weighted by molar-refractivity contribution is 7.91. The van der Waals surface area contributed by atoms with Crippen molar-refractivity contribution >= 4 is 15.7 Å². The van der Waals surface area contributed by atoms with Crippen LogP contribution < -0.4 is 8.79 Å². The minimum absolute atomic E-state index is 0.0489. The van der Waals surface area contributed by atoms with Crippen molar-refractivity contribution in [1.29, 1.82) is 0 Å². The number of phenols is 1. The maximum atomic E-state index is 13.1. The Kier molecular flexibility index (Phi) is 3.38. The average molecular weight is 402 g/mol. The molecule has 146 valence electrons. The number of aromatic hydroxyl groups is 1. The van der Waals surface area contributed by atoms with Gasteiger partial charge in [0.05, 0.1) is 6.26 Å². The quantitative estimate of drug-likeness (QED) is 0.749. The minimum Gasteiger partial charge on any atom is -0.508 e. The van der Waals surface area contributed by atoms with E-state index in [0.717, 1.165) is 11.1 Å². The Morgan fingerprint density at radius 1 is 1.21 bits per heavy atom. The Morgan fingerprint density at radius 2 is 2.00 bits per heavy atom. The van der Waals surface area contributed by atoms with Gasteiger partial charge in [-0.3, -0.25) is 0 Å². The van der Waals surface area contributed by atoms with Gasteiger partial charge in [0.2, 0.25) is 0 Å². The molecular weight excluding hydrogens is 382 g/mol. The standard InChI is InChI=1S/C20H19NO6S/c1-12-8-14-4-3-7-26-18(14)16(9-12)20-11-28(24,25)21(27-20,19(20)23)15-5-6-17(22)13(2)10-15/h3,5-10,19,23H,4,11H2,1-2H3/p+1. The Balaban J connectivity index is 1.68. The Labute approximate surface area is 162 Å². The van der Waals surface area contributed by atoms with Gasteiger partial charge in [0.25, 0.3) is 11.8 Å². The van der Waals surface area contributed by atoms with E-state index in [-0.39, 0.29) is 17.2 Å². The van der Waals surface area contributed by atoms with Crippen LogP contribution in [0, 0.1) is 13.8 Å². The number of hydrogen-bond acceptors (Lipinski definition) is 6. The molecular formula is C20H20NO6S+. The highest BCUT2D eigenvalue weighted by Crippen LogP contribution is 2.61. The first-order valence-corrected chi connectivity index (χ1v) is 10.6. The zero-order valence-corrected chi connectivity index (χ0v) is 16.2. The maximum absolute atomic E-state index is 13.1. The molecule has 4 aliphatic heterocycles. The molecule has 3 fully saturated rings. The van der Waals surface area contributed by atoms with Gasteiger partial charge in [0, 0.05) is 17.7 Å². The largest absolute Gasteiger partial charge is 0.508 e. The molecule has 2 bridgehead atoms. The van der Waals surface area contributed by atoms with Crippen LogP contribution in [0.25, 0.3) is 0 Å². The molecule has 2 aromatic rings. The molecule has 0 saturated carbocycles. The van der Waals surface area contributed by atoms with Crippen LogP contribution in [0.3, 0.4) is 0 Å². The Bertz CT molecular complexity index is 1160. The Morgan fingerprint density at radius 3 is 2.71 bits per heavy atom. The molecule has 28 heavy (non-hydrogen) atoms. The van der Waals surface area contributed by atoms with Gasteiger partial charge in [0.1, 0.15) is 11.5 Å². The third kappa shape index (κ3) is 1.95. The van der Waals surface area contributed by atoms with E-state index < -0.39 is 25.9 Å². The van der Waals surface area contributed by atoms with Gasteiger partial charge in [-0.1, -0.05) is 11.6 Å². The van der Waals surface area contributed by atoms with Crippen LogP contribution >= 0.6 is 0 Å². The van der Waals surface area contributed by atoms with Crippen molar-refractivity contribution in [3.8, 4) is 11.5 Å². The number of quaternary nitrogens is 1. The molecule has 3 atom stereocenters. The third-order valence-electron chi connectivity index (χ3n) is 5.77. The van der Waals surface area contributed by atoms with E-state index in [1.807, 2.05) is 25.1 Å². The van der Waals surface area contributed by atoms with Crippen LogP contribution in [0.1, 0.15) is 22.3 Å². The van der Waals surface area contributed by atoms with E-state index >= 15 is 0 Å². The van der Waals surface area contributed by atoms with Crippen molar-refractivity contribution in [1.82, 2.24) is 4.05 Å². The molecule has 3 saturated heterocycles. The lowest BCUT2D eigenvalue weighted by Gasteiger charge is -2.46. The molecule has 7 nitrogen and oxygen atoms in total. The van der Waals surface area contributed by atoms with E-state index in [2.05, 4.69) is 0 Å². The first-order valence-electron chi connectivity index (χ1n) is 8.97. The number of hydrogen-bond donors (Lipinski definition) is 2. The summed E-state index contributed by atoms with van der Waals surface area (Å²) in [6.07, 6.45) is 2.77. The summed E-state index contributed by atoms with van der Waals surface area (Å²) in [5.41, 5.74) is 1.78. The van der Waals surface area contributed by atoms with E-state index in [0.29, 0.717) is 23.3 Å². The summed E-state index contributed by atoms with van der Waals surface area (Å²) in [5.74, 6) is 0.237. The highest BCUT2D eigenvalue weighted by atomic mass is 32.2. The van der Waals surface area contributed by atoms with E-state index in [9.17, 15) is 18.6 Å². The van der Waals surface area contributed by atoms with Crippen LogP contribution in [0.15, 0.2) is 42.7 Å². The molecule has 0 amide bonds. The lowest BCUT2D eigenvalue weighted by molar-refractivity contribution is -0.369. The van der Waals surface area contributed by atoms with E-state index in [1.165, 1.54) is 18.2 Å². The summed E-state index contributed by atoms with van der Waals surface area (Å²) >= 11 is 0. The van der Waals surface area contributed by atoms with Gasteiger partial charge >= 0.3 is 10.0 Å². The normalized spacial score (nSPS) is 31.8. The van der Waals surface area contributed by atoms with Crippen molar-refractivity contribution in [3.63, 3.8) is 0 Å². The van der Waals surface area contributed by atoms with Gasteiger partial charge in [-0.05, 0) is 53.7 Å². The molecule has 8 heteroatoms. The summed E-state index contributed by atoms with van der Waals surface area (Å²) in [6.45, 7) is 3.58. The third-order valence-corrected chi connectivity index (χ3v) is 7.88. The average Bonchev–Trinajstić information content (AvgIpc) is 3.02. The molecule has 0 aliphatic carbocycles. The number of phenolic OH excluding ortho intramolecular Hbond substituents is 1. The molecule has 2 N–H and O–H groups in total. The number of hydroxylamine groups is 1. The van der Waals surface area contributed by atoms with Crippen LogP contribution in [0.4, 0.5) is 5.69 Å². The number of aryl methyl sites for hydroxylation is 2. The summed E-state index contributed by atoms with van der Waals surface area (Å²) < 4.78 is 31.0. The summed E-state index contributed by atoms with van der Waals surface area (Å²) in [5, 5.41) is 21.0. The molecule has 0 aromatic heterocycles. The van der Waals surface area contributed by atoms with Gasteiger partial charge in [-0.25, -0.2) is 0 Å². The number of aliphatic hydroxyl groups is 1. The number of aliphatic hydroxyl groups excluding tert-OH is 1. The molecule has 2 aromatic carbocycles. The molecule has 3 unspecified atom stereocenters. The predicted octanol–water partition coefficient (Wildman–Crippen LogP) is 2.27. The smallest absolute Gasteiger partial charge is 0.338 e. The lowest BCUT2D eigenvalue weighted by Crippen LogP contribution is -2.72. The fourth-order valence-corrected chi connectivity index (χ4v) is 6.69. The van der Waals surface area contributed by atoms with Gasteiger partial charge in [-0.2, -0.15) is 13.3 Å². The number of ether oxygens (including phenoxy) is 1. The number of fused-ring (bicyclic) bond motifs is 2. The minimum atomic E-state index is -3.88. The zero-order valence-electron chi connectivity index (χ0n) is 15.4. The van der Waals surface area contributed by atoms with Crippen molar-refractivity contribution < 1.29 is 28.2 Å². The fraction of sp³-hybridized carbons (Fsp3) is 0.300. The van der Waals surface area contributed by atoms with E-state index in [4.69, 9.17) is 9.57 Å². The van der Waals surface area contributed by atoms with Crippen molar-refractivity contribution in [2.75, 3.05) is 5.75 Å². The predicted molar refractivity (Wildman–Crippen MR) is 102 cm³/mol. The van der Waals surface area contributed by atoms with Crippen LogP contribution in [-0.4, -0.2) is 30.6 Å². The maximum Gasteiger partial charge on any atom is 0.338 e. The highest BCUT2D eigenvalue weighted by Gasteiger charge is 2.85. The Hall–Kier alpha value is -2.39. The number of rotatable bonds is 2. The second kappa shape index (κ2) is 5.36. The summed E-state index contributed by atoms with van der Waals surface area (Å²) in [4.78, 5) is 6.05. The first-order chi connectivity index (χ1) is 13.2. The van der Waals surface area contributed by atoms with Gasteiger partial charge in [0.15, 0.2) is 11.4 Å². The monoisotopic (exact) mass is 402 g/mol. The molecule has 4 heterocycles. The number of nitrogens with zero attached hydrogens (tertiary/aromatic N) is 1. The second-order valence-electron chi connectivity index (χ2n) is 7.64. The molecule has 6 rings (SSSR count). The van der Waals surface area contributed by atoms with Crippen LogP contribution in [-0.2, 0) is 26.9 Å². The molecule has 0 spiro atoms. The topological polar surface area (TPSA) is 93.1 Å². The van der Waals surface area contributed by atoms with E-state index in [1.54, 1.807) is 13.2 Å². The summed E-state index contributed by atoms with van der Waals surface area (Å²) in [6, 6.07) is 8.19. The number of allylic oxidation sites excluding steroid dienone is 1. The zero-order chi connectivity index (χ0) is 19.9.